The van der Waals surface area contributed by atoms with Crippen molar-refractivity contribution in [1.29, 1.82) is 0 Å². The number of carbonyl (C=O) groups is 1. The van der Waals surface area contributed by atoms with Gasteiger partial charge in [-0.1, -0.05) is 39.7 Å². The van der Waals surface area contributed by atoms with E-state index in [4.69, 9.17) is 0 Å². The molecule has 1 amide bonds. The molecule has 0 saturated carbocycles. The van der Waals surface area contributed by atoms with E-state index in [0.717, 1.165) is 15.4 Å². The highest BCUT2D eigenvalue weighted by Gasteiger charge is 2.27. The van der Waals surface area contributed by atoms with Crippen LogP contribution >= 0.6 is 15.9 Å². The van der Waals surface area contributed by atoms with Gasteiger partial charge in [0, 0.05) is 16.9 Å². The average Bonchev–Trinajstić information content (AvgIpc) is 2.73. The SMILES string of the molecule is Cc1ccc(S(=O)(=O)N(CC(=O)N/N=C\c2ccncc2)c2cccc(Br)c2)cc1. The van der Waals surface area contributed by atoms with E-state index >= 15 is 0 Å². The number of anilines is 1. The van der Waals surface area contributed by atoms with E-state index in [-0.39, 0.29) is 4.90 Å². The zero-order chi connectivity index (χ0) is 21.6. The van der Waals surface area contributed by atoms with Crippen molar-refractivity contribution in [3.8, 4) is 0 Å². The largest absolute Gasteiger partial charge is 0.271 e. The number of hydrogen-bond donors (Lipinski definition) is 1. The van der Waals surface area contributed by atoms with Crippen LogP contribution in [0.1, 0.15) is 11.1 Å². The molecular weight excluding hydrogens is 468 g/mol. The van der Waals surface area contributed by atoms with Crippen LogP contribution in [0.4, 0.5) is 5.69 Å². The maximum absolute atomic E-state index is 13.3. The maximum atomic E-state index is 13.3. The molecule has 1 heterocycles. The molecule has 0 radical (unpaired) electrons. The summed E-state index contributed by atoms with van der Waals surface area (Å²) in [5, 5.41) is 3.89. The second-order valence-electron chi connectivity index (χ2n) is 6.38. The standard InChI is InChI=1S/C21H19BrN4O3S/c1-16-5-7-20(8-6-16)30(28,29)26(19-4-2-3-18(22)13-19)15-21(27)25-24-14-17-9-11-23-12-10-17/h2-14H,15H2,1H3,(H,25,27)/b24-14-. The number of nitrogens with zero attached hydrogens (tertiary/aromatic N) is 3. The first-order chi connectivity index (χ1) is 14.4. The Balaban J connectivity index is 1.85. The molecule has 0 fully saturated rings. The molecule has 0 saturated heterocycles. The lowest BCUT2D eigenvalue weighted by molar-refractivity contribution is -0.119. The summed E-state index contributed by atoms with van der Waals surface area (Å²) in [7, 11) is -3.97. The van der Waals surface area contributed by atoms with Crippen LogP contribution in [-0.4, -0.2) is 32.1 Å². The number of pyridine rings is 1. The Morgan fingerprint density at radius 2 is 1.83 bits per heavy atom. The molecule has 30 heavy (non-hydrogen) atoms. The number of benzene rings is 2. The minimum absolute atomic E-state index is 0.0983. The van der Waals surface area contributed by atoms with Crippen molar-refractivity contribution < 1.29 is 13.2 Å². The predicted molar refractivity (Wildman–Crippen MR) is 120 cm³/mol. The molecule has 3 rings (SSSR count). The third-order valence-corrected chi connectivity index (χ3v) is 6.38. The fraction of sp³-hybridized carbons (Fsp3) is 0.0952. The van der Waals surface area contributed by atoms with Gasteiger partial charge in [-0.15, -0.1) is 0 Å². The van der Waals surface area contributed by atoms with Gasteiger partial charge in [0.15, 0.2) is 0 Å². The molecule has 7 nitrogen and oxygen atoms in total. The number of nitrogens with one attached hydrogen (secondary N) is 1. The molecule has 9 heteroatoms. The van der Waals surface area contributed by atoms with Crippen LogP contribution in [-0.2, 0) is 14.8 Å². The van der Waals surface area contributed by atoms with Crippen molar-refractivity contribution in [3.63, 3.8) is 0 Å². The van der Waals surface area contributed by atoms with Gasteiger partial charge >= 0.3 is 0 Å². The molecule has 0 spiro atoms. The molecule has 0 aliphatic heterocycles. The Morgan fingerprint density at radius 1 is 1.13 bits per heavy atom. The monoisotopic (exact) mass is 486 g/mol. The molecule has 2 aromatic carbocycles. The highest BCUT2D eigenvalue weighted by atomic mass is 79.9. The van der Waals surface area contributed by atoms with E-state index in [1.54, 1.807) is 60.9 Å². The summed E-state index contributed by atoms with van der Waals surface area (Å²) >= 11 is 3.35. The van der Waals surface area contributed by atoms with E-state index < -0.39 is 22.5 Å². The third kappa shape index (κ3) is 5.52. The topological polar surface area (TPSA) is 91.7 Å². The zero-order valence-electron chi connectivity index (χ0n) is 16.1. The molecule has 0 aliphatic carbocycles. The number of halogens is 1. The van der Waals surface area contributed by atoms with Gasteiger partial charge in [0.25, 0.3) is 15.9 Å². The maximum Gasteiger partial charge on any atom is 0.264 e. The van der Waals surface area contributed by atoms with E-state index in [1.807, 2.05) is 6.92 Å². The molecule has 3 aromatic rings. The van der Waals surface area contributed by atoms with Gasteiger partial charge in [0.05, 0.1) is 16.8 Å². The quantitative estimate of drug-likeness (QED) is 0.408. The van der Waals surface area contributed by atoms with Crippen molar-refractivity contribution in [2.24, 2.45) is 5.10 Å². The van der Waals surface area contributed by atoms with Crippen molar-refractivity contribution in [2.45, 2.75) is 11.8 Å². The average molecular weight is 487 g/mol. The van der Waals surface area contributed by atoms with Gasteiger partial charge in [-0.05, 0) is 55.0 Å². The third-order valence-electron chi connectivity index (χ3n) is 4.10. The van der Waals surface area contributed by atoms with Gasteiger partial charge in [-0.2, -0.15) is 5.10 Å². The highest BCUT2D eigenvalue weighted by Crippen LogP contribution is 2.26. The summed E-state index contributed by atoms with van der Waals surface area (Å²) in [5.41, 5.74) is 4.42. The molecule has 1 aromatic heterocycles. The van der Waals surface area contributed by atoms with E-state index in [9.17, 15) is 13.2 Å². The fourth-order valence-electron chi connectivity index (χ4n) is 2.58. The number of sulfonamides is 1. The molecule has 0 unspecified atom stereocenters. The van der Waals surface area contributed by atoms with Crippen molar-refractivity contribution in [1.82, 2.24) is 10.4 Å². The summed E-state index contributed by atoms with van der Waals surface area (Å²) in [6.07, 6.45) is 4.66. The zero-order valence-corrected chi connectivity index (χ0v) is 18.5. The van der Waals surface area contributed by atoms with Crippen LogP contribution in [0, 0.1) is 6.92 Å². The normalized spacial score (nSPS) is 11.4. The smallest absolute Gasteiger partial charge is 0.264 e. The van der Waals surface area contributed by atoms with Gasteiger partial charge in [-0.25, -0.2) is 13.8 Å². The lowest BCUT2D eigenvalue weighted by Gasteiger charge is -2.24. The van der Waals surface area contributed by atoms with Crippen LogP contribution in [0.2, 0.25) is 0 Å². The Kier molecular flexibility index (Phi) is 6.96. The van der Waals surface area contributed by atoms with Gasteiger partial charge < -0.3 is 0 Å². The van der Waals surface area contributed by atoms with Crippen LogP contribution < -0.4 is 9.73 Å². The Morgan fingerprint density at radius 3 is 2.50 bits per heavy atom. The van der Waals surface area contributed by atoms with Crippen LogP contribution in [0.25, 0.3) is 0 Å². The number of amides is 1. The van der Waals surface area contributed by atoms with Crippen molar-refractivity contribution in [3.05, 3.63) is 88.7 Å². The Hall–Kier alpha value is -3.04. The van der Waals surface area contributed by atoms with Crippen molar-refractivity contribution >= 4 is 43.8 Å². The Bertz CT molecular complexity index is 1150. The number of aryl methyl sites for hydroxylation is 1. The molecular formula is C21H19BrN4O3S. The van der Waals surface area contributed by atoms with Gasteiger partial charge in [0.2, 0.25) is 0 Å². The summed E-state index contributed by atoms with van der Waals surface area (Å²) in [5.74, 6) is -0.573. The first kappa shape index (κ1) is 21.7. The number of hydrogen-bond acceptors (Lipinski definition) is 5. The second-order valence-corrected chi connectivity index (χ2v) is 9.16. The number of hydrazone groups is 1. The minimum Gasteiger partial charge on any atom is -0.271 e. The van der Waals surface area contributed by atoms with Crippen LogP contribution in [0.15, 0.2) is 87.5 Å². The minimum atomic E-state index is -3.97. The summed E-state index contributed by atoms with van der Waals surface area (Å²) < 4.78 is 28.3. The first-order valence-electron chi connectivity index (χ1n) is 8.93. The summed E-state index contributed by atoms with van der Waals surface area (Å²) in [4.78, 5) is 16.5. The molecule has 0 atom stereocenters. The number of carbonyl (C=O) groups excluding carboxylic acids is 1. The summed E-state index contributed by atoms with van der Waals surface area (Å²) in [6, 6.07) is 16.7. The molecule has 0 aliphatic rings. The van der Waals surface area contributed by atoms with Crippen LogP contribution in [0.3, 0.4) is 0 Å². The highest BCUT2D eigenvalue weighted by molar-refractivity contribution is 9.10. The van der Waals surface area contributed by atoms with Gasteiger partial charge in [-0.3, -0.25) is 14.1 Å². The van der Waals surface area contributed by atoms with E-state index in [1.165, 1.54) is 18.3 Å². The second kappa shape index (κ2) is 9.64. The number of aromatic nitrogens is 1. The first-order valence-corrected chi connectivity index (χ1v) is 11.2. The molecule has 0 bridgehead atoms. The predicted octanol–water partition coefficient (Wildman–Crippen LogP) is 3.50. The summed E-state index contributed by atoms with van der Waals surface area (Å²) in [6.45, 7) is 1.44. The lowest BCUT2D eigenvalue weighted by atomic mass is 10.2. The molecule has 1 N–H and O–H groups in total. The fourth-order valence-corrected chi connectivity index (χ4v) is 4.38. The van der Waals surface area contributed by atoms with E-state index in [2.05, 4.69) is 31.4 Å². The van der Waals surface area contributed by atoms with E-state index in [0.29, 0.717) is 10.2 Å². The number of rotatable bonds is 7. The van der Waals surface area contributed by atoms with Gasteiger partial charge in [0.1, 0.15) is 6.54 Å². The van der Waals surface area contributed by atoms with Crippen LogP contribution in [0.5, 0.6) is 0 Å². The Labute approximate surface area is 183 Å². The molecule has 154 valence electrons. The lowest BCUT2D eigenvalue weighted by Crippen LogP contribution is -2.39. The van der Waals surface area contributed by atoms with Crippen molar-refractivity contribution in [2.75, 3.05) is 10.8 Å².